The minimum absolute atomic E-state index is 0. The fourth-order valence-electron chi connectivity index (χ4n) is 0. The van der Waals surface area contributed by atoms with Gasteiger partial charge in [-0.15, -0.1) is 13.2 Å². The van der Waals surface area contributed by atoms with Crippen molar-refractivity contribution in [2.45, 2.75) is 6.92 Å². The minimum Gasteiger partial charge on any atom is -0.545 e. The van der Waals surface area contributed by atoms with Crippen LogP contribution in [0.15, 0.2) is 25.3 Å². The molecule has 3 heteroatoms. The summed E-state index contributed by atoms with van der Waals surface area (Å²) in [6.07, 6.45) is 0. The summed E-state index contributed by atoms with van der Waals surface area (Å²) in [4.78, 5) is 9.49. The number of carbonyl (C=O) groups is 1. The number of hydrogen-bond acceptors (Lipinski definition) is 2. The van der Waals surface area contributed by atoms with E-state index in [1.54, 1.807) is 0 Å². The molecule has 9 heavy (non-hydrogen) atoms. The Morgan fingerprint density at radius 3 is 1.56 bits per heavy atom. The Balaban J connectivity index is -0.000000109. The molecule has 0 aliphatic carbocycles. The van der Waals surface area contributed by atoms with E-state index in [-0.39, 0.29) is 24.4 Å². The van der Waals surface area contributed by atoms with Crippen molar-refractivity contribution in [1.82, 2.24) is 0 Å². The van der Waals surface area contributed by atoms with E-state index in [1.165, 1.54) is 6.92 Å². The van der Waals surface area contributed by atoms with Gasteiger partial charge in [0.25, 0.3) is 0 Å². The zero-order valence-electron chi connectivity index (χ0n) is 5.94. The van der Waals surface area contributed by atoms with Crippen LogP contribution in [0.4, 0.5) is 0 Å². The zero-order chi connectivity index (χ0) is 7.15. The van der Waals surface area contributed by atoms with Gasteiger partial charge in [-0.25, -0.2) is 0 Å². The molecule has 0 rings (SSSR count). The zero-order valence-corrected chi connectivity index (χ0v) is 5.94. The van der Waals surface area contributed by atoms with Gasteiger partial charge < -0.3 is 9.90 Å². The molecule has 0 N–H and O–H groups in total. The van der Waals surface area contributed by atoms with Crippen molar-refractivity contribution < 1.29 is 28.8 Å². The van der Waals surface area contributed by atoms with Gasteiger partial charge in [0, 0.05) is 0 Å². The minimum atomic E-state index is -1.19. The molecule has 0 aromatic rings. The molecule has 0 aromatic carbocycles. The summed E-state index contributed by atoms with van der Waals surface area (Å²) in [6.45, 7) is 10.5. The van der Waals surface area contributed by atoms with Crippen molar-refractivity contribution in [1.29, 1.82) is 0 Å². The first-order valence-electron chi connectivity index (χ1n) is 2.01. The van der Waals surface area contributed by atoms with Gasteiger partial charge in [-0.2, -0.15) is 0 Å². The molecule has 0 saturated heterocycles. The Morgan fingerprint density at radius 1 is 1.44 bits per heavy atom. The van der Waals surface area contributed by atoms with Gasteiger partial charge in [0.05, 0.1) is 5.97 Å². The second kappa shape index (κ2) is 10.5. The van der Waals surface area contributed by atoms with Crippen LogP contribution in [0.2, 0.25) is 0 Å². The second-order valence-electron chi connectivity index (χ2n) is 1.07. The molecule has 0 saturated carbocycles. The van der Waals surface area contributed by atoms with Gasteiger partial charge in [-0.05, 0) is 12.5 Å². The molecule has 0 spiro atoms. The molecule has 0 radical (unpaired) electrons. The molecule has 0 aliphatic rings. The van der Waals surface area contributed by atoms with E-state index in [2.05, 4.69) is 19.7 Å². The largest absolute Gasteiger partial charge is 1.00 e. The number of rotatable bonds is 1. The van der Waals surface area contributed by atoms with E-state index in [9.17, 15) is 9.90 Å². The first-order chi connectivity index (χ1) is 3.64. The first kappa shape index (κ1) is 15.8. The van der Waals surface area contributed by atoms with E-state index < -0.39 is 5.97 Å². The van der Waals surface area contributed by atoms with Crippen LogP contribution in [0.1, 0.15) is 6.92 Å². The van der Waals surface area contributed by atoms with Crippen molar-refractivity contribution in [3.63, 3.8) is 0 Å². The monoisotopic (exact) mass is 120 g/mol. The second-order valence-corrected chi connectivity index (χ2v) is 1.07. The van der Waals surface area contributed by atoms with Crippen LogP contribution in [0.3, 0.4) is 0 Å². The maximum Gasteiger partial charge on any atom is 1.00 e. The van der Waals surface area contributed by atoms with Gasteiger partial charge in [-0.1, -0.05) is 6.58 Å². The summed E-state index contributed by atoms with van der Waals surface area (Å²) in [5.41, 5.74) is 0.0648. The smallest absolute Gasteiger partial charge is 0.545 e. The van der Waals surface area contributed by atoms with Crippen LogP contribution < -0.4 is 24.0 Å². The third kappa shape index (κ3) is 18.5. The Bertz CT molecular complexity index is 87.2. The molecule has 0 amide bonds. The molecule has 0 heterocycles. The van der Waals surface area contributed by atoms with Crippen LogP contribution in [0, 0.1) is 0 Å². The van der Waals surface area contributed by atoms with Gasteiger partial charge >= 0.3 is 18.9 Å². The van der Waals surface area contributed by atoms with Gasteiger partial charge in [-0.3, -0.25) is 0 Å². The summed E-state index contributed by atoms with van der Waals surface area (Å²) in [5.74, 6) is -1.19. The van der Waals surface area contributed by atoms with Gasteiger partial charge in [0.15, 0.2) is 0 Å². The summed E-state index contributed by atoms with van der Waals surface area (Å²) in [7, 11) is 0. The van der Waals surface area contributed by atoms with E-state index in [0.29, 0.717) is 0 Å². The maximum absolute atomic E-state index is 9.49. The number of carboxylic acid groups (broad SMARTS) is 1. The summed E-state index contributed by atoms with van der Waals surface area (Å²) in [6, 6.07) is 0. The molecule has 0 aliphatic heterocycles. The number of carboxylic acids is 1. The Hall–Kier alpha value is -0.453. The van der Waals surface area contributed by atoms with Crippen LogP contribution >= 0.6 is 0 Å². The summed E-state index contributed by atoms with van der Waals surface area (Å²) >= 11 is 0. The normalized spacial score (nSPS) is 5.44. The van der Waals surface area contributed by atoms with Crippen LogP contribution in [-0.4, -0.2) is 5.97 Å². The number of hydrogen-bond donors (Lipinski definition) is 0. The molecule has 46 valence electrons. The summed E-state index contributed by atoms with van der Waals surface area (Å²) < 4.78 is 0. The molecule has 0 unspecified atom stereocenters. The van der Waals surface area contributed by atoms with E-state index in [0.717, 1.165) is 0 Å². The Morgan fingerprint density at radius 2 is 1.56 bits per heavy atom. The summed E-state index contributed by atoms with van der Waals surface area (Å²) in [5, 5.41) is 9.49. The Kier molecular flexibility index (Phi) is 18.5. The van der Waals surface area contributed by atoms with E-state index in [1.807, 2.05) is 0 Å². The van der Waals surface area contributed by atoms with Gasteiger partial charge in [0.1, 0.15) is 0 Å². The van der Waals surface area contributed by atoms with Crippen molar-refractivity contribution in [3.05, 3.63) is 25.3 Å². The van der Waals surface area contributed by atoms with E-state index >= 15 is 0 Å². The fourth-order valence-corrected chi connectivity index (χ4v) is 0. The first-order valence-corrected chi connectivity index (χ1v) is 2.01. The number of carbonyl (C=O) groups excluding carboxylic acids is 1. The third-order valence-corrected chi connectivity index (χ3v) is 0.348. The van der Waals surface area contributed by atoms with Gasteiger partial charge in [0.2, 0.25) is 0 Å². The SMILES string of the molecule is C=C.C=C(C)C(=O)[O-].[Li+]. The molecular formula is C6H9LiO2. The Labute approximate surface area is 67.4 Å². The fraction of sp³-hybridized carbons (Fsp3) is 0.167. The van der Waals surface area contributed by atoms with Crippen molar-refractivity contribution in [2.24, 2.45) is 0 Å². The molecule has 0 fully saturated rings. The average Bonchev–Trinajstić information content (AvgIpc) is 1.72. The predicted molar refractivity (Wildman–Crippen MR) is 31.1 cm³/mol. The van der Waals surface area contributed by atoms with E-state index in [4.69, 9.17) is 0 Å². The molecular weight excluding hydrogens is 111 g/mol. The third-order valence-electron chi connectivity index (χ3n) is 0.348. The average molecular weight is 120 g/mol. The van der Waals surface area contributed by atoms with Crippen molar-refractivity contribution in [2.75, 3.05) is 0 Å². The molecule has 0 bridgehead atoms. The molecule has 0 aromatic heterocycles. The topological polar surface area (TPSA) is 40.1 Å². The molecule has 0 atom stereocenters. The standard InChI is InChI=1S/C4H6O2.C2H4.Li/c1-3(2)4(5)6;1-2;/h1H2,2H3,(H,5,6);1-2H2;/q;;+1/p-1. The van der Waals surface area contributed by atoms with Crippen LogP contribution in [-0.2, 0) is 4.79 Å². The number of aliphatic carboxylic acids is 1. The quantitative estimate of drug-likeness (QED) is 0.212. The molecule has 2 nitrogen and oxygen atoms in total. The predicted octanol–water partition coefficient (Wildman–Crippen LogP) is -2.88. The van der Waals surface area contributed by atoms with Crippen molar-refractivity contribution in [3.8, 4) is 0 Å². The van der Waals surface area contributed by atoms with Crippen molar-refractivity contribution >= 4 is 5.97 Å². The maximum atomic E-state index is 9.49. The van der Waals surface area contributed by atoms with Crippen LogP contribution in [0.25, 0.3) is 0 Å². The van der Waals surface area contributed by atoms with Crippen LogP contribution in [0.5, 0.6) is 0 Å².